The van der Waals surface area contributed by atoms with Gasteiger partial charge in [-0.05, 0) is 31.0 Å². The molecule has 0 saturated carbocycles. The summed E-state index contributed by atoms with van der Waals surface area (Å²) in [5, 5.41) is 4.07. The number of aryl methyl sites for hydroxylation is 1. The van der Waals surface area contributed by atoms with Crippen molar-refractivity contribution >= 4 is 17.6 Å². The van der Waals surface area contributed by atoms with Crippen LogP contribution in [0, 0.1) is 6.92 Å². The first-order valence-corrected chi connectivity index (χ1v) is 7.37. The molecule has 0 fully saturated rings. The Bertz CT molecular complexity index is 513. The molecule has 0 aliphatic rings. The van der Waals surface area contributed by atoms with Crippen molar-refractivity contribution in [3.05, 3.63) is 41.9 Å². The monoisotopic (exact) mass is 274 g/mol. The van der Waals surface area contributed by atoms with Crippen molar-refractivity contribution in [1.29, 1.82) is 0 Å². The predicted molar refractivity (Wildman–Crippen MR) is 79.3 cm³/mol. The second-order valence-corrected chi connectivity index (χ2v) is 5.19. The Kier molecular flexibility index (Phi) is 5.15. The molecule has 0 saturated heterocycles. The summed E-state index contributed by atoms with van der Waals surface area (Å²) >= 11 is 1.63. The Morgan fingerprint density at radius 1 is 1.21 bits per heavy atom. The van der Waals surface area contributed by atoms with Crippen molar-refractivity contribution in [2.45, 2.75) is 31.2 Å². The highest BCUT2D eigenvalue weighted by molar-refractivity contribution is 7.98. The van der Waals surface area contributed by atoms with Crippen LogP contribution in [0.2, 0.25) is 0 Å². The van der Waals surface area contributed by atoms with E-state index < -0.39 is 0 Å². The number of thioether (sulfide) groups is 1. The van der Waals surface area contributed by atoms with Gasteiger partial charge in [0.25, 0.3) is 0 Å². The average Bonchev–Trinajstić information content (AvgIpc) is 2.44. The molecular weight excluding hydrogens is 256 g/mol. The van der Waals surface area contributed by atoms with Gasteiger partial charge >= 0.3 is 0 Å². The van der Waals surface area contributed by atoms with Crippen molar-refractivity contribution in [1.82, 2.24) is 15.0 Å². The fourth-order valence-corrected chi connectivity index (χ4v) is 2.32. The van der Waals surface area contributed by atoms with Crippen LogP contribution in [-0.4, -0.2) is 21.5 Å². The zero-order valence-electron chi connectivity index (χ0n) is 11.3. The molecule has 5 heteroatoms. The molecule has 1 N–H and O–H groups in total. The number of nitrogens with one attached hydrogen (secondary N) is 1. The van der Waals surface area contributed by atoms with Gasteiger partial charge in [-0.1, -0.05) is 24.8 Å². The van der Waals surface area contributed by atoms with E-state index in [0.717, 1.165) is 35.4 Å². The van der Waals surface area contributed by atoms with Gasteiger partial charge in [-0.15, -0.1) is 0 Å². The maximum absolute atomic E-state index is 4.38. The quantitative estimate of drug-likeness (QED) is 0.647. The van der Waals surface area contributed by atoms with E-state index in [4.69, 9.17) is 0 Å². The highest BCUT2D eigenvalue weighted by Crippen LogP contribution is 2.19. The van der Waals surface area contributed by atoms with E-state index in [2.05, 4.69) is 33.3 Å². The largest absolute Gasteiger partial charge is 0.370 e. The Morgan fingerprint density at radius 2 is 2.11 bits per heavy atom. The Labute approximate surface area is 118 Å². The standard InChI is InChI=1S/C14H18N4S/c1-3-7-15-13-5-4-12(9-17-13)10-19-14-16-8-6-11(2)18-14/h4-6,8-9H,3,7,10H2,1-2H3,(H,15,17). The molecule has 2 aromatic heterocycles. The lowest BCUT2D eigenvalue weighted by Crippen LogP contribution is -2.01. The topological polar surface area (TPSA) is 50.7 Å². The molecule has 0 amide bonds. The van der Waals surface area contributed by atoms with E-state index >= 15 is 0 Å². The normalized spacial score (nSPS) is 10.4. The summed E-state index contributed by atoms with van der Waals surface area (Å²) < 4.78 is 0. The maximum atomic E-state index is 4.38. The van der Waals surface area contributed by atoms with Gasteiger partial charge in [-0.25, -0.2) is 15.0 Å². The molecule has 0 aliphatic heterocycles. The van der Waals surface area contributed by atoms with Crippen molar-refractivity contribution in [2.24, 2.45) is 0 Å². The minimum absolute atomic E-state index is 0.813. The van der Waals surface area contributed by atoms with Gasteiger partial charge in [0.1, 0.15) is 5.82 Å². The highest BCUT2D eigenvalue weighted by atomic mass is 32.2. The third-order valence-electron chi connectivity index (χ3n) is 2.52. The molecule has 0 unspecified atom stereocenters. The van der Waals surface area contributed by atoms with E-state index in [1.807, 2.05) is 25.3 Å². The number of rotatable bonds is 6. The SMILES string of the molecule is CCCNc1ccc(CSc2nccc(C)n2)cn1. The van der Waals surface area contributed by atoms with E-state index in [-0.39, 0.29) is 0 Å². The maximum Gasteiger partial charge on any atom is 0.188 e. The lowest BCUT2D eigenvalue weighted by molar-refractivity contribution is 0.931. The van der Waals surface area contributed by atoms with E-state index in [1.54, 1.807) is 18.0 Å². The van der Waals surface area contributed by atoms with Gasteiger partial charge in [0.05, 0.1) is 0 Å². The number of nitrogens with zero attached hydrogens (tertiary/aromatic N) is 3. The molecule has 0 bridgehead atoms. The lowest BCUT2D eigenvalue weighted by Gasteiger charge is -2.05. The van der Waals surface area contributed by atoms with Crippen molar-refractivity contribution in [3.8, 4) is 0 Å². The zero-order valence-corrected chi connectivity index (χ0v) is 12.1. The van der Waals surface area contributed by atoms with Crippen molar-refractivity contribution in [2.75, 3.05) is 11.9 Å². The third kappa shape index (κ3) is 4.52. The first-order valence-electron chi connectivity index (χ1n) is 6.39. The molecule has 0 atom stereocenters. The summed E-state index contributed by atoms with van der Waals surface area (Å²) in [6.45, 7) is 5.07. The number of hydrogen-bond acceptors (Lipinski definition) is 5. The van der Waals surface area contributed by atoms with Crippen LogP contribution >= 0.6 is 11.8 Å². The van der Waals surface area contributed by atoms with E-state index in [0.29, 0.717) is 0 Å². The van der Waals surface area contributed by atoms with Crippen molar-refractivity contribution in [3.63, 3.8) is 0 Å². The van der Waals surface area contributed by atoms with Crippen LogP contribution in [0.15, 0.2) is 35.7 Å². The van der Waals surface area contributed by atoms with Crippen LogP contribution in [0.5, 0.6) is 0 Å². The first-order chi connectivity index (χ1) is 9.28. The van der Waals surface area contributed by atoms with Gasteiger partial charge in [-0.3, -0.25) is 0 Å². The highest BCUT2D eigenvalue weighted by Gasteiger charge is 2.00. The van der Waals surface area contributed by atoms with Crippen molar-refractivity contribution < 1.29 is 0 Å². The average molecular weight is 274 g/mol. The summed E-state index contributed by atoms with van der Waals surface area (Å²) in [6, 6.07) is 6.01. The number of hydrogen-bond donors (Lipinski definition) is 1. The summed E-state index contributed by atoms with van der Waals surface area (Å²) in [6.07, 6.45) is 4.80. The lowest BCUT2D eigenvalue weighted by atomic mass is 10.3. The molecular formula is C14H18N4S. The summed E-state index contributed by atoms with van der Waals surface area (Å²) in [5.74, 6) is 1.77. The molecule has 2 rings (SSSR count). The number of anilines is 1. The van der Waals surface area contributed by atoms with Crippen LogP contribution in [-0.2, 0) is 5.75 Å². The molecule has 4 nitrogen and oxygen atoms in total. The summed E-state index contributed by atoms with van der Waals surface area (Å²) in [5.41, 5.74) is 2.17. The molecule has 0 aromatic carbocycles. The second kappa shape index (κ2) is 7.09. The molecule has 19 heavy (non-hydrogen) atoms. The van der Waals surface area contributed by atoms with Crippen LogP contribution in [0.1, 0.15) is 24.6 Å². The fraction of sp³-hybridized carbons (Fsp3) is 0.357. The number of aromatic nitrogens is 3. The Hall–Kier alpha value is -1.62. The predicted octanol–water partition coefficient (Wildman–Crippen LogP) is 3.29. The van der Waals surface area contributed by atoms with E-state index in [1.165, 1.54) is 5.56 Å². The Balaban J connectivity index is 1.89. The van der Waals surface area contributed by atoms with Crippen LogP contribution in [0.3, 0.4) is 0 Å². The summed E-state index contributed by atoms with van der Waals surface area (Å²) in [7, 11) is 0. The van der Waals surface area contributed by atoms with Crippen LogP contribution in [0.4, 0.5) is 5.82 Å². The number of pyridine rings is 1. The molecule has 2 heterocycles. The van der Waals surface area contributed by atoms with E-state index in [9.17, 15) is 0 Å². The van der Waals surface area contributed by atoms with Gasteiger partial charge in [0, 0.05) is 30.4 Å². The minimum Gasteiger partial charge on any atom is -0.370 e. The van der Waals surface area contributed by atoms with Crippen LogP contribution < -0.4 is 5.32 Å². The van der Waals surface area contributed by atoms with Gasteiger partial charge in [-0.2, -0.15) is 0 Å². The Morgan fingerprint density at radius 3 is 2.79 bits per heavy atom. The molecule has 0 radical (unpaired) electrons. The first kappa shape index (κ1) is 13.8. The molecule has 100 valence electrons. The zero-order chi connectivity index (χ0) is 13.5. The molecule has 2 aromatic rings. The fourth-order valence-electron chi connectivity index (χ4n) is 1.51. The van der Waals surface area contributed by atoms with Gasteiger partial charge in [0.15, 0.2) is 5.16 Å². The molecule has 0 aliphatic carbocycles. The third-order valence-corrected chi connectivity index (χ3v) is 3.45. The van der Waals surface area contributed by atoms with Gasteiger partial charge < -0.3 is 5.32 Å². The minimum atomic E-state index is 0.813. The smallest absolute Gasteiger partial charge is 0.188 e. The van der Waals surface area contributed by atoms with Gasteiger partial charge in [0.2, 0.25) is 0 Å². The molecule has 0 spiro atoms. The summed E-state index contributed by atoms with van der Waals surface area (Å²) in [4.78, 5) is 13.0. The second-order valence-electron chi connectivity index (χ2n) is 4.25. The van der Waals surface area contributed by atoms with Crippen LogP contribution in [0.25, 0.3) is 0 Å².